The highest BCUT2D eigenvalue weighted by atomic mass is 16.5. The Balaban J connectivity index is 1.57. The molecule has 2 aromatic rings. The third-order valence-corrected chi connectivity index (χ3v) is 4.04. The molecule has 0 aliphatic carbocycles. The molecule has 0 fully saturated rings. The van der Waals surface area contributed by atoms with Crippen molar-refractivity contribution in [1.29, 1.82) is 0 Å². The minimum atomic E-state index is -0.391. The summed E-state index contributed by atoms with van der Waals surface area (Å²) in [4.78, 5) is 12.2. The molecular weight excluding hydrogens is 320 g/mol. The van der Waals surface area contributed by atoms with Gasteiger partial charge in [0.2, 0.25) is 0 Å². The first-order chi connectivity index (χ1) is 12.2. The van der Waals surface area contributed by atoms with Gasteiger partial charge in [-0.1, -0.05) is 13.3 Å². The average Bonchev–Trinajstić information content (AvgIpc) is 3.26. The van der Waals surface area contributed by atoms with Crippen LogP contribution in [0.4, 0.5) is 5.69 Å². The van der Waals surface area contributed by atoms with Gasteiger partial charge < -0.3 is 4.74 Å². The van der Waals surface area contributed by atoms with Crippen molar-refractivity contribution in [3.05, 3.63) is 35.7 Å². The van der Waals surface area contributed by atoms with Gasteiger partial charge in [-0.25, -0.2) is 9.48 Å². The van der Waals surface area contributed by atoms with Crippen LogP contribution < -0.4 is 5.01 Å². The summed E-state index contributed by atoms with van der Waals surface area (Å²) in [6, 6.07) is 7.26. The van der Waals surface area contributed by atoms with E-state index in [0.29, 0.717) is 11.4 Å². The Morgan fingerprint density at radius 2 is 2.08 bits per heavy atom. The summed E-state index contributed by atoms with van der Waals surface area (Å²) in [7, 11) is 0. The standard InChI is InChI=1S/C17H22N6O2/c1-3-4-10-23-16(18-20-21-23)12-25-17(24)14-5-7-15(8-6-14)22-11-9-13(2)19-22/h5-8H,3-4,9-12H2,1-2H3. The normalized spacial score (nSPS) is 13.8. The molecule has 2 heterocycles. The van der Waals surface area contributed by atoms with E-state index in [0.717, 1.165) is 43.8 Å². The van der Waals surface area contributed by atoms with E-state index in [1.165, 1.54) is 0 Å². The fourth-order valence-corrected chi connectivity index (χ4v) is 2.55. The van der Waals surface area contributed by atoms with E-state index < -0.39 is 5.97 Å². The van der Waals surface area contributed by atoms with Gasteiger partial charge in [0, 0.05) is 25.2 Å². The van der Waals surface area contributed by atoms with Gasteiger partial charge >= 0.3 is 5.97 Å². The highest BCUT2D eigenvalue weighted by Gasteiger charge is 2.15. The molecular formula is C17H22N6O2. The molecule has 1 aromatic carbocycles. The van der Waals surface area contributed by atoms with E-state index >= 15 is 0 Å². The Bertz CT molecular complexity index is 753. The topological polar surface area (TPSA) is 85.5 Å². The second kappa shape index (κ2) is 7.87. The molecule has 8 heteroatoms. The van der Waals surface area contributed by atoms with Gasteiger partial charge in [0.1, 0.15) is 0 Å². The van der Waals surface area contributed by atoms with E-state index in [2.05, 4.69) is 27.6 Å². The second-order valence-electron chi connectivity index (χ2n) is 6.00. The summed E-state index contributed by atoms with van der Waals surface area (Å²) in [5.74, 6) is 0.165. The van der Waals surface area contributed by atoms with Crippen LogP contribution in [0.15, 0.2) is 29.4 Å². The Kier molecular flexibility index (Phi) is 5.37. The fourth-order valence-electron chi connectivity index (χ4n) is 2.55. The summed E-state index contributed by atoms with van der Waals surface area (Å²) < 4.78 is 7.01. The number of unbranched alkanes of at least 4 members (excludes halogenated alkanes) is 1. The van der Waals surface area contributed by atoms with Gasteiger partial charge in [-0.15, -0.1) is 5.10 Å². The Morgan fingerprint density at radius 1 is 1.28 bits per heavy atom. The van der Waals surface area contributed by atoms with Gasteiger partial charge in [0.15, 0.2) is 12.4 Å². The number of hydrogen-bond acceptors (Lipinski definition) is 7. The number of aromatic nitrogens is 4. The van der Waals surface area contributed by atoms with Crippen LogP contribution in [-0.4, -0.2) is 38.4 Å². The number of anilines is 1. The van der Waals surface area contributed by atoms with Gasteiger partial charge in [-0.3, -0.25) is 5.01 Å². The lowest BCUT2D eigenvalue weighted by Crippen LogP contribution is -2.13. The molecule has 3 rings (SSSR count). The molecule has 25 heavy (non-hydrogen) atoms. The van der Waals surface area contributed by atoms with Gasteiger partial charge in [-0.05, 0) is 48.0 Å². The van der Waals surface area contributed by atoms with Crippen LogP contribution in [0.3, 0.4) is 0 Å². The maximum absolute atomic E-state index is 12.2. The molecule has 0 spiro atoms. The zero-order valence-electron chi connectivity index (χ0n) is 14.6. The average molecular weight is 342 g/mol. The lowest BCUT2D eigenvalue weighted by molar-refractivity contribution is 0.0456. The van der Waals surface area contributed by atoms with Crippen molar-refractivity contribution in [2.75, 3.05) is 11.6 Å². The predicted molar refractivity (Wildman–Crippen MR) is 93.4 cm³/mol. The molecule has 0 unspecified atom stereocenters. The summed E-state index contributed by atoms with van der Waals surface area (Å²) >= 11 is 0. The third-order valence-electron chi connectivity index (χ3n) is 4.04. The largest absolute Gasteiger partial charge is 0.454 e. The number of ether oxygens (including phenoxy) is 1. The van der Waals surface area contributed by atoms with E-state index in [1.807, 2.05) is 24.1 Å². The number of nitrogens with zero attached hydrogens (tertiary/aromatic N) is 6. The number of benzene rings is 1. The third kappa shape index (κ3) is 4.20. The van der Waals surface area contributed by atoms with Gasteiger partial charge in [0.25, 0.3) is 0 Å². The van der Waals surface area contributed by atoms with E-state index in [1.54, 1.807) is 16.8 Å². The quantitative estimate of drug-likeness (QED) is 0.718. The van der Waals surface area contributed by atoms with Crippen LogP contribution in [-0.2, 0) is 17.9 Å². The summed E-state index contributed by atoms with van der Waals surface area (Å²) in [5.41, 5.74) is 2.58. The van der Waals surface area contributed by atoms with E-state index in [-0.39, 0.29) is 6.61 Å². The Hall–Kier alpha value is -2.77. The van der Waals surface area contributed by atoms with E-state index in [4.69, 9.17) is 4.74 Å². The number of carbonyl (C=O) groups excluding carboxylic acids is 1. The highest BCUT2D eigenvalue weighted by molar-refractivity contribution is 5.90. The molecule has 0 saturated carbocycles. The molecule has 0 radical (unpaired) electrons. The minimum Gasteiger partial charge on any atom is -0.454 e. The fraction of sp³-hybridized carbons (Fsp3) is 0.471. The van der Waals surface area contributed by atoms with E-state index in [9.17, 15) is 4.79 Å². The SMILES string of the molecule is CCCCn1nnnc1COC(=O)c1ccc(N2CCC(C)=N2)cc1. The molecule has 8 nitrogen and oxygen atoms in total. The zero-order chi connectivity index (χ0) is 17.6. The number of carbonyl (C=O) groups is 1. The predicted octanol–water partition coefficient (Wildman–Crippen LogP) is 2.42. The smallest absolute Gasteiger partial charge is 0.338 e. The molecule has 1 aliphatic heterocycles. The number of esters is 1. The maximum Gasteiger partial charge on any atom is 0.338 e. The summed E-state index contributed by atoms with van der Waals surface area (Å²) in [6.45, 7) is 5.77. The van der Waals surface area contributed by atoms with Crippen LogP contribution in [0, 0.1) is 0 Å². The van der Waals surface area contributed by atoms with Crippen LogP contribution in [0.25, 0.3) is 0 Å². The Labute approximate surface area is 146 Å². The number of tetrazole rings is 1. The van der Waals surface area contributed by atoms with Crippen molar-refractivity contribution in [3.8, 4) is 0 Å². The number of rotatable bonds is 7. The molecule has 132 valence electrons. The lowest BCUT2D eigenvalue weighted by atomic mass is 10.2. The van der Waals surface area contributed by atoms with Crippen molar-refractivity contribution >= 4 is 17.4 Å². The first kappa shape index (κ1) is 17.1. The van der Waals surface area contributed by atoms with Crippen LogP contribution in [0.5, 0.6) is 0 Å². The number of hydrogen-bond donors (Lipinski definition) is 0. The first-order valence-corrected chi connectivity index (χ1v) is 8.51. The monoisotopic (exact) mass is 342 g/mol. The second-order valence-corrected chi connectivity index (χ2v) is 6.00. The molecule has 1 aromatic heterocycles. The Morgan fingerprint density at radius 3 is 2.76 bits per heavy atom. The molecule has 0 saturated heterocycles. The van der Waals surface area contributed by atoms with Crippen molar-refractivity contribution < 1.29 is 9.53 Å². The van der Waals surface area contributed by atoms with Crippen molar-refractivity contribution in [2.45, 2.75) is 46.3 Å². The molecule has 0 bridgehead atoms. The van der Waals surface area contributed by atoms with Crippen LogP contribution in [0.2, 0.25) is 0 Å². The molecule has 1 aliphatic rings. The number of aryl methyl sites for hydroxylation is 1. The molecule has 0 amide bonds. The highest BCUT2D eigenvalue weighted by Crippen LogP contribution is 2.20. The number of hydrazone groups is 1. The van der Waals surface area contributed by atoms with Crippen molar-refractivity contribution in [2.24, 2.45) is 5.10 Å². The lowest BCUT2D eigenvalue weighted by Gasteiger charge is -2.13. The first-order valence-electron chi connectivity index (χ1n) is 8.51. The van der Waals surface area contributed by atoms with Gasteiger partial charge in [0.05, 0.1) is 11.3 Å². The van der Waals surface area contributed by atoms with Gasteiger partial charge in [-0.2, -0.15) is 5.10 Å². The summed E-state index contributed by atoms with van der Waals surface area (Å²) in [5, 5.41) is 17.8. The summed E-state index contributed by atoms with van der Waals surface area (Å²) in [6.07, 6.45) is 2.99. The minimum absolute atomic E-state index is 0.0624. The van der Waals surface area contributed by atoms with Crippen LogP contribution >= 0.6 is 0 Å². The molecule has 0 atom stereocenters. The van der Waals surface area contributed by atoms with Crippen molar-refractivity contribution in [3.63, 3.8) is 0 Å². The van der Waals surface area contributed by atoms with Crippen molar-refractivity contribution in [1.82, 2.24) is 20.2 Å². The zero-order valence-corrected chi connectivity index (χ0v) is 14.6. The maximum atomic E-state index is 12.2. The van der Waals surface area contributed by atoms with Crippen LogP contribution in [0.1, 0.15) is 49.3 Å². The molecule has 0 N–H and O–H groups in total.